The van der Waals surface area contributed by atoms with Gasteiger partial charge in [-0.15, -0.1) is 0 Å². The monoisotopic (exact) mass is 455 g/mol. The van der Waals surface area contributed by atoms with E-state index >= 15 is 0 Å². The van der Waals surface area contributed by atoms with Crippen molar-refractivity contribution in [3.63, 3.8) is 0 Å². The second kappa shape index (κ2) is 10.3. The molecular formula is C23H27F2N7O. The third-order valence-corrected chi connectivity index (χ3v) is 5.35. The van der Waals surface area contributed by atoms with Crippen molar-refractivity contribution in [2.45, 2.75) is 33.1 Å². The van der Waals surface area contributed by atoms with E-state index in [0.29, 0.717) is 17.2 Å². The van der Waals surface area contributed by atoms with E-state index in [0.717, 1.165) is 24.4 Å². The number of aromatic nitrogens is 4. The number of carbonyl (C=O) groups excluding carboxylic acids is 1. The molecule has 33 heavy (non-hydrogen) atoms. The molecule has 2 aromatic heterocycles. The topological polar surface area (TPSA) is 111 Å². The lowest BCUT2D eigenvalue weighted by molar-refractivity contribution is -0.0343. The fourth-order valence-electron chi connectivity index (χ4n) is 3.55. The lowest BCUT2D eigenvalue weighted by atomic mass is 10.0. The number of aromatic amines is 1. The lowest BCUT2D eigenvalue weighted by Crippen LogP contribution is -2.32. The summed E-state index contributed by atoms with van der Waals surface area (Å²) in [6.45, 7) is 5.18. The maximum atomic E-state index is 13.6. The number of nitrogens with zero attached hydrogens (tertiary/aromatic N) is 4. The largest absolute Gasteiger partial charge is 0.340 e. The highest BCUT2D eigenvalue weighted by atomic mass is 19.3. The van der Waals surface area contributed by atoms with E-state index in [2.05, 4.69) is 25.5 Å². The zero-order valence-electron chi connectivity index (χ0n) is 18.8. The Morgan fingerprint density at radius 2 is 2.00 bits per heavy atom. The van der Waals surface area contributed by atoms with Crippen LogP contribution in [-0.2, 0) is 0 Å². The van der Waals surface area contributed by atoms with Crippen LogP contribution in [0, 0.1) is 11.3 Å². The van der Waals surface area contributed by atoms with Crippen LogP contribution in [0.15, 0.2) is 42.9 Å². The first kappa shape index (κ1) is 24.0. The molecule has 0 aliphatic carbocycles. The summed E-state index contributed by atoms with van der Waals surface area (Å²) in [7, 11) is 0. The van der Waals surface area contributed by atoms with Gasteiger partial charge in [-0.1, -0.05) is 13.8 Å². The van der Waals surface area contributed by atoms with Gasteiger partial charge in [0.15, 0.2) is 5.82 Å². The minimum atomic E-state index is -2.82. The van der Waals surface area contributed by atoms with E-state index < -0.39 is 11.8 Å². The smallest absolute Gasteiger partial charge is 0.255 e. The number of H-pyrrole nitrogens is 1. The molecule has 4 rings (SSSR count). The number of hydrogen-bond donors (Lipinski definition) is 3. The number of pyridine rings is 1. The van der Waals surface area contributed by atoms with Crippen LogP contribution in [0.1, 0.15) is 43.1 Å². The number of alkyl halides is 2. The predicted molar refractivity (Wildman–Crippen MR) is 123 cm³/mol. The number of hydrogen-bond acceptors (Lipinski definition) is 6. The van der Waals surface area contributed by atoms with Crippen molar-refractivity contribution in [1.82, 2.24) is 25.1 Å². The summed E-state index contributed by atoms with van der Waals surface area (Å²) in [4.78, 5) is 22.5. The van der Waals surface area contributed by atoms with Crippen molar-refractivity contribution in [2.24, 2.45) is 5.92 Å². The predicted octanol–water partition coefficient (Wildman–Crippen LogP) is 4.75. The molecule has 1 aliphatic rings. The van der Waals surface area contributed by atoms with Gasteiger partial charge in [-0.3, -0.25) is 9.89 Å². The average Bonchev–Trinajstić information content (AvgIpc) is 3.53. The molecule has 0 bridgehead atoms. The zero-order chi connectivity index (χ0) is 24.0. The maximum Gasteiger partial charge on any atom is 0.255 e. The second-order valence-electron chi connectivity index (χ2n) is 7.54. The minimum absolute atomic E-state index is 0.0137. The first-order valence-electron chi connectivity index (χ1n) is 10.8. The van der Waals surface area contributed by atoms with E-state index in [1.807, 2.05) is 38.1 Å². The Labute approximate surface area is 191 Å². The Hall–Kier alpha value is -3.69. The normalized spacial score (nSPS) is 15.5. The van der Waals surface area contributed by atoms with Gasteiger partial charge in [0.2, 0.25) is 5.92 Å². The van der Waals surface area contributed by atoms with E-state index in [1.165, 1.54) is 17.4 Å². The number of benzene rings is 1. The highest BCUT2D eigenvalue weighted by molar-refractivity contribution is 5.97. The molecular weight excluding hydrogens is 428 g/mol. The van der Waals surface area contributed by atoms with Crippen molar-refractivity contribution in [3.8, 4) is 11.4 Å². The van der Waals surface area contributed by atoms with Crippen LogP contribution in [-0.4, -0.2) is 56.2 Å². The summed E-state index contributed by atoms with van der Waals surface area (Å²) >= 11 is 0. The Bertz CT molecular complexity index is 1080. The quantitative estimate of drug-likeness (QED) is 0.465. The van der Waals surface area contributed by atoms with Gasteiger partial charge in [-0.25, -0.2) is 18.7 Å². The molecule has 1 amide bonds. The van der Waals surface area contributed by atoms with Gasteiger partial charge in [-0.2, -0.15) is 5.10 Å². The first-order valence-corrected chi connectivity index (χ1v) is 10.8. The standard InChI is InChI=1S/C21H21F2N7O.C2H6/c1-21(22,23)16-6-7-30(11-16)20(31)15-8-14(9-24)18(25-10-15)28-17-4-2-13(3-5-17)19-26-12-27-29-19;1-2/h2-5,8-10,12,16,24H,6-7,11H2,1H3,(H,25,28)(H,26,27,29);1-2H3. The second-order valence-corrected chi connectivity index (χ2v) is 7.54. The molecule has 174 valence electrons. The van der Waals surface area contributed by atoms with Gasteiger partial charge in [0.05, 0.1) is 5.56 Å². The van der Waals surface area contributed by atoms with Gasteiger partial charge < -0.3 is 15.6 Å². The molecule has 0 spiro atoms. The first-order chi connectivity index (χ1) is 15.8. The minimum Gasteiger partial charge on any atom is -0.340 e. The van der Waals surface area contributed by atoms with E-state index in [9.17, 15) is 13.6 Å². The molecule has 0 saturated carbocycles. The summed E-state index contributed by atoms with van der Waals surface area (Å²) in [6, 6.07) is 8.93. The fourth-order valence-corrected chi connectivity index (χ4v) is 3.55. The van der Waals surface area contributed by atoms with Crippen LogP contribution < -0.4 is 5.32 Å². The molecule has 1 unspecified atom stereocenters. The van der Waals surface area contributed by atoms with Crippen molar-refractivity contribution >= 4 is 23.6 Å². The number of anilines is 2. The Morgan fingerprint density at radius 3 is 2.58 bits per heavy atom. The number of amides is 1. The number of carbonyl (C=O) groups is 1. The number of likely N-dealkylation sites (tertiary alicyclic amines) is 1. The Morgan fingerprint density at radius 1 is 1.27 bits per heavy atom. The summed E-state index contributed by atoms with van der Waals surface area (Å²) in [6.07, 6.45) is 4.20. The molecule has 10 heteroatoms. The number of halogens is 2. The van der Waals surface area contributed by atoms with Crippen molar-refractivity contribution in [1.29, 1.82) is 5.41 Å². The van der Waals surface area contributed by atoms with Gasteiger partial charge in [0, 0.05) is 48.2 Å². The summed E-state index contributed by atoms with van der Waals surface area (Å²) in [5.41, 5.74) is 2.29. The molecule has 3 N–H and O–H groups in total. The maximum absolute atomic E-state index is 13.6. The highest BCUT2D eigenvalue weighted by Crippen LogP contribution is 2.32. The number of nitrogens with one attached hydrogen (secondary N) is 3. The van der Waals surface area contributed by atoms with Gasteiger partial charge in [0.1, 0.15) is 12.1 Å². The van der Waals surface area contributed by atoms with E-state index in [-0.39, 0.29) is 31.0 Å². The third kappa shape index (κ3) is 5.57. The molecule has 1 aliphatic heterocycles. The molecule has 3 aromatic rings. The number of rotatable bonds is 6. The highest BCUT2D eigenvalue weighted by Gasteiger charge is 2.40. The molecule has 1 atom stereocenters. The Balaban J connectivity index is 0.00000149. The molecule has 8 nitrogen and oxygen atoms in total. The zero-order valence-corrected chi connectivity index (χ0v) is 18.8. The van der Waals surface area contributed by atoms with Gasteiger partial charge >= 0.3 is 0 Å². The summed E-state index contributed by atoms with van der Waals surface area (Å²) < 4.78 is 27.1. The van der Waals surface area contributed by atoms with Crippen LogP contribution in [0.5, 0.6) is 0 Å². The van der Waals surface area contributed by atoms with Crippen molar-refractivity contribution in [2.75, 3.05) is 18.4 Å². The van der Waals surface area contributed by atoms with Crippen LogP contribution in [0.25, 0.3) is 11.4 Å². The Kier molecular flexibility index (Phi) is 7.47. The van der Waals surface area contributed by atoms with Crippen LogP contribution in [0.4, 0.5) is 20.3 Å². The van der Waals surface area contributed by atoms with Crippen molar-refractivity contribution < 1.29 is 13.6 Å². The molecule has 3 heterocycles. The van der Waals surface area contributed by atoms with E-state index in [1.54, 1.807) is 6.07 Å². The van der Waals surface area contributed by atoms with Crippen LogP contribution >= 0.6 is 0 Å². The molecule has 1 saturated heterocycles. The van der Waals surface area contributed by atoms with E-state index in [4.69, 9.17) is 5.41 Å². The van der Waals surface area contributed by atoms with Crippen molar-refractivity contribution in [3.05, 3.63) is 54.0 Å². The molecule has 1 fully saturated rings. The average molecular weight is 456 g/mol. The van der Waals surface area contributed by atoms with Gasteiger partial charge in [0.25, 0.3) is 5.91 Å². The summed E-state index contributed by atoms with van der Waals surface area (Å²) in [5.74, 6) is -2.95. The third-order valence-electron chi connectivity index (χ3n) is 5.35. The molecule has 1 aromatic carbocycles. The summed E-state index contributed by atoms with van der Waals surface area (Å²) in [5, 5.41) is 17.4. The van der Waals surface area contributed by atoms with Crippen LogP contribution in [0.2, 0.25) is 0 Å². The fraction of sp³-hybridized carbons (Fsp3) is 0.348. The lowest BCUT2D eigenvalue weighted by Gasteiger charge is -2.20. The van der Waals surface area contributed by atoms with Crippen LogP contribution in [0.3, 0.4) is 0 Å². The SMILES string of the molecule is CC.CC(F)(F)C1CCN(C(=O)c2cnc(Nc3ccc(-c4ncn[nH]4)cc3)c(C=N)c2)C1. The molecule has 0 radical (unpaired) electrons. The van der Waals surface area contributed by atoms with Gasteiger partial charge in [-0.05, 0) is 43.7 Å².